The lowest BCUT2D eigenvalue weighted by atomic mass is 10.1. The number of aromatic nitrogens is 1. The number of fused-ring (bicyclic) bond motifs is 1. The van der Waals surface area contributed by atoms with Crippen molar-refractivity contribution >= 4 is 52.4 Å². The third-order valence-electron chi connectivity index (χ3n) is 4.73. The van der Waals surface area contributed by atoms with Gasteiger partial charge in [0.25, 0.3) is 0 Å². The Kier molecular flexibility index (Phi) is 10.4. The third kappa shape index (κ3) is 7.09. The third-order valence-corrected chi connectivity index (χ3v) is 4.96. The van der Waals surface area contributed by atoms with Gasteiger partial charge in [-0.25, -0.2) is 0 Å². The highest BCUT2D eigenvalue weighted by atomic mass is 127. The second kappa shape index (κ2) is 12.5. The molecular formula is C20H30ClIN4O2. The lowest BCUT2D eigenvalue weighted by Gasteiger charge is -2.13. The van der Waals surface area contributed by atoms with Gasteiger partial charge in [0.15, 0.2) is 5.96 Å². The lowest BCUT2D eigenvalue weighted by molar-refractivity contribution is 0.0168. The van der Waals surface area contributed by atoms with Crippen molar-refractivity contribution in [1.29, 1.82) is 0 Å². The first-order valence-electron chi connectivity index (χ1n) is 9.65. The quantitative estimate of drug-likeness (QED) is 0.204. The molecule has 0 aliphatic carbocycles. The second-order valence-corrected chi connectivity index (χ2v) is 7.18. The van der Waals surface area contributed by atoms with Gasteiger partial charge in [0.2, 0.25) is 0 Å². The largest absolute Gasteiger partial charge is 0.379 e. The van der Waals surface area contributed by atoms with E-state index >= 15 is 0 Å². The number of aromatic amines is 1. The monoisotopic (exact) mass is 520 g/mol. The van der Waals surface area contributed by atoms with E-state index in [0.717, 1.165) is 68.5 Å². The maximum absolute atomic E-state index is 6.11. The number of guanidine groups is 1. The summed E-state index contributed by atoms with van der Waals surface area (Å²) in [4.78, 5) is 7.56. The molecule has 0 amide bonds. The minimum Gasteiger partial charge on any atom is -0.379 e. The Bertz CT molecular complexity index is 747. The molecule has 3 N–H and O–H groups in total. The van der Waals surface area contributed by atoms with E-state index in [4.69, 9.17) is 21.1 Å². The van der Waals surface area contributed by atoms with Gasteiger partial charge in [-0.2, -0.15) is 0 Å². The molecule has 1 saturated heterocycles. The second-order valence-electron chi connectivity index (χ2n) is 6.74. The summed E-state index contributed by atoms with van der Waals surface area (Å²) >= 11 is 6.11. The van der Waals surface area contributed by atoms with Crippen molar-refractivity contribution in [3.63, 3.8) is 0 Å². The molecule has 0 bridgehead atoms. The fourth-order valence-corrected chi connectivity index (χ4v) is 3.44. The van der Waals surface area contributed by atoms with Crippen LogP contribution >= 0.6 is 35.6 Å². The van der Waals surface area contributed by atoms with Crippen LogP contribution in [0.4, 0.5) is 0 Å². The zero-order valence-electron chi connectivity index (χ0n) is 16.3. The highest BCUT2D eigenvalue weighted by Gasteiger charge is 2.14. The maximum atomic E-state index is 6.11. The van der Waals surface area contributed by atoms with Crippen LogP contribution in [0.2, 0.25) is 5.02 Å². The molecule has 0 radical (unpaired) electrons. The van der Waals surface area contributed by atoms with Crippen molar-refractivity contribution < 1.29 is 9.47 Å². The topological polar surface area (TPSA) is 70.7 Å². The predicted octanol–water partition coefficient (Wildman–Crippen LogP) is 3.73. The fourth-order valence-electron chi connectivity index (χ4n) is 3.27. The number of halogens is 2. The highest BCUT2D eigenvalue weighted by molar-refractivity contribution is 14.0. The molecule has 0 saturated carbocycles. The van der Waals surface area contributed by atoms with Crippen LogP contribution in [0.15, 0.2) is 29.4 Å². The maximum Gasteiger partial charge on any atom is 0.190 e. The Morgan fingerprint density at radius 3 is 3.00 bits per heavy atom. The molecule has 3 rings (SSSR count). The van der Waals surface area contributed by atoms with E-state index in [2.05, 4.69) is 20.6 Å². The number of hydrogen-bond acceptors (Lipinski definition) is 3. The Labute approximate surface area is 188 Å². The molecule has 6 nitrogen and oxygen atoms in total. The van der Waals surface area contributed by atoms with Crippen LogP contribution in [0, 0.1) is 0 Å². The first-order chi connectivity index (χ1) is 13.3. The molecule has 2 heterocycles. The van der Waals surface area contributed by atoms with Gasteiger partial charge in [-0.3, -0.25) is 4.99 Å². The smallest absolute Gasteiger partial charge is 0.190 e. The summed E-state index contributed by atoms with van der Waals surface area (Å²) in [5.74, 6) is 0.812. The van der Waals surface area contributed by atoms with E-state index in [1.165, 1.54) is 10.9 Å². The van der Waals surface area contributed by atoms with E-state index in [0.29, 0.717) is 12.7 Å². The molecule has 1 atom stereocenters. The summed E-state index contributed by atoms with van der Waals surface area (Å²) in [6.07, 6.45) is 6.46. The average molecular weight is 521 g/mol. The van der Waals surface area contributed by atoms with Gasteiger partial charge in [-0.15, -0.1) is 24.0 Å². The molecule has 1 aliphatic heterocycles. The molecule has 1 unspecified atom stereocenters. The molecule has 0 spiro atoms. The Balaban J connectivity index is 0.00000280. The van der Waals surface area contributed by atoms with Gasteiger partial charge < -0.3 is 25.1 Å². The van der Waals surface area contributed by atoms with Gasteiger partial charge in [-0.1, -0.05) is 11.6 Å². The zero-order valence-corrected chi connectivity index (χ0v) is 19.4. The SMILES string of the molecule is CN=C(NCCCOCC1CCCO1)NCCc1c[nH]c2ccc(Cl)cc12.I. The molecular weight excluding hydrogens is 491 g/mol. The van der Waals surface area contributed by atoms with Crippen LogP contribution in [-0.4, -0.2) is 57.0 Å². The van der Waals surface area contributed by atoms with E-state index in [1.807, 2.05) is 24.4 Å². The first-order valence-corrected chi connectivity index (χ1v) is 10.0. The highest BCUT2D eigenvalue weighted by Crippen LogP contribution is 2.22. The van der Waals surface area contributed by atoms with Crippen LogP contribution in [0.5, 0.6) is 0 Å². The van der Waals surface area contributed by atoms with Gasteiger partial charge in [0.05, 0.1) is 12.7 Å². The molecule has 1 aromatic carbocycles. The molecule has 28 heavy (non-hydrogen) atoms. The molecule has 1 aliphatic rings. The van der Waals surface area contributed by atoms with Crippen molar-refractivity contribution in [3.05, 3.63) is 35.0 Å². The van der Waals surface area contributed by atoms with Gasteiger partial charge in [-0.05, 0) is 49.4 Å². The van der Waals surface area contributed by atoms with Crippen molar-refractivity contribution in [2.75, 3.05) is 40.0 Å². The van der Waals surface area contributed by atoms with Crippen molar-refractivity contribution in [1.82, 2.24) is 15.6 Å². The summed E-state index contributed by atoms with van der Waals surface area (Å²) in [5, 5.41) is 8.61. The van der Waals surface area contributed by atoms with E-state index < -0.39 is 0 Å². The number of rotatable bonds is 9. The average Bonchev–Trinajstić information content (AvgIpc) is 3.33. The molecule has 1 aromatic heterocycles. The van der Waals surface area contributed by atoms with Gasteiger partial charge in [0, 0.05) is 55.5 Å². The Morgan fingerprint density at radius 1 is 1.36 bits per heavy atom. The molecule has 2 aromatic rings. The van der Waals surface area contributed by atoms with Crippen LogP contribution in [0.1, 0.15) is 24.8 Å². The van der Waals surface area contributed by atoms with E-state index in [1.54, 1.807) is 7.05 Å². The van der Waals surface area contributed by atoms with Crippen molar-refractivity contribution in [3.8, 4) is 0 Å². The molecule has 156 valence electrons. The minimum atomic E-state index is 0. The summed E-state index contributed by atoms with van der Waals surface area (Å²) in [5.41, 5.74) is 2.36. The number of nitrogens with one attached hydrogen (secondary N) is 3. The summed E-state index contributed by atoms with van der Waals surface area (Å²) in [6.45, 7) is 3.95. The van der Waals surface area contributed by atoms with Gasteiger partial charge >= 0.3 is 0 Å². The van der Waals surface area contributed by atoms with Crippen LogP contribution in [0.3, 0.4) is 0 Å². The lowest BCUT2D eigenvalue weighted by Crippen LogP contribution is -2.39. The van der Waals surface area contributed by atoms with E-state index in [9.17, 15) is 0 Å². The summed E-state index contributed by atoms with van der Waals surface area (Å²) < 4.78 is 11.2. The molecule has 1 fully saturated rings. The number of hydrogen-bond donors (Lipinski definition) is 3. The minimum absolute atomic E-state index is 0. The van der Waals surface area contributed by atoms with Crippen molar-refractivity contribution in [2.45, 2.75) is 31.8 Å². The number of ether oxygens (including phenoxy) is 2. The fraction of sp³-hybridized carbons (Fsp3) is 0.550. The summed E-state index contributed by atoms with van der Waals surface area (Å²) in [7, 11) is 1.79. The Morgan fingerprint density at radius 2 is 2.21 bits per heavy atom. The number of H-pyrrole nitrogens is 1. The van der Waals surface area contributed by atoms with Gasteiger partial charge in [0.1, 0.15) is 0 Å². The summed E-state index contributed by atoms with van der Waals surface area (Å²) in [6, 6.07) is 5.92. The zero-order chi connectivity index (χ0) is 18.9. The van der Waals surface area contributed by atoms with E-state index in [-0.39, 0.29) is 24.0 Å². The molecule has 8 heteroatoms. The number of benzene rings is 1. The predicted molar refractivity (Wildman–Crippen MR) is 126 cm³/mol. The first kappa shape index (κ1) is 23.3. The normalized spacial score (nSPS) is 16.9. The number of aliphatic imine (C=N–C) groups is 1. The van der Waals surface area contributed by atoms with Crippen LogP contribution in [0.25, 0.3) is 10.9 Å². The Hall–Kier alpha value is -1.03. The van der Waals surface area contributed by atoms with Crippen LogP contribution < -0.4 is 10.6 Å². The standard InChI is InChI=1S/C20H29ClN4O2.HI/c1-22-20(23-8-3-10-26-14-17-4-2-11-27-17)24-9-7-15-13-25-19-6-5-16(21)12-18(15)19;/h5-6,12-13,17,25H,2-4,7-11,14H2,1H3,(H2,22,23,24);1H. The number of nitrogens with zero attached hydrogens (tertiary/aromatic N) is 1. The van der Waals surface area contributed by atoms with Crippen LogP contribution in [-0.2, 0) is 15.9 Å². The van der Waals surface area contributed by atoms with Crippen molar-refractivity contribution in [2.24, 2.45) is 4.99 Å².